The number of amidine groups is 2. The van der Waals surface area contributed by atoms with Crippen LogP contribution in [0.4, 0.5) is 11.4 Å². The SMILES string of the molecule is c1cc(CNc2ccc(C3=NCCCN3)cc2)cc(CNc2ccc(C3=NCCN3)cc2)c1. The zero-order valence-corrected chi connectivity index (χ0v) is 18.8. The molecule has 2 aliphatic rings. The van der Waals surface area contributed by atoms with Gasteiger partial charge in [0.1, 0.15) is 11.7 Å². The largest absolute Gasteiger partial charge is 0.381 e. The van der Waals surface area contributed by atoms with Crippen LogP contribution in [0.5, 0.6) is 0 Å². The van der Waals surface area contributed by atoms with Gasteiger partial charge in [0.2, 0.25) is 0 Å². The van der Waals surface area contributed by atoms with Gasteiger partial charge in [-0.1, -0.05) is 24.3 Å². The summed E-state index contributed by atoms with van der Waals surface area (Å²) in [6.07, 6.45) is 1.11. The van der Waals surface area contributed by atoms with Crippen LogP contribution in [0.1, 0.15) is 28.7 Å². The van der Waals surface area contributed by atoms with E-state index in [-0.39, 0.29) is 0 Å². The molecule has 0 bridgehead atoms. The fraction of sp³-hybridized carbons (Fsp3) is 0.259. The maximum atomic E-state index is 4.57. The first kappa shape index (κ1) is 21.1. The third kappa shape index (κ3) is 5.52. The summed E-state index contributed by atoms with van der Waals surface area (Å²) in [5.74, 6) is 2.00. The van der Waals surface area contributed by atoms with Gasteiger partial charge in [0.25, 0.3) is 0 Å². The van der Waals surface area contributed by atoms with Gasteiger partial charge in [-0.25, -0.2) is 0 Å². The Morgan fingerprint density at radius 2 is 1.18 bits per heavy atom. The number of hydrogen-bond donors (Lipinski definition) is 4. The van der Waals surface area contributed by atoms with Crippen molar-refractivity contribution >= 4 is 23.0 Å². The third-order valence-electron chi connectivity index (χ3n) is 5.87. The first-order valence-electron chi connectivity index (χ1n) is 11.7. The van der Waals surface area contributed by atoms with Crippen LogP contribution >= 0.6 is 0 Å². The van der Waals surface area contributed by atoms with Crippen molar-refractivity contribution in [3.05, 3.63) is 95.1 Å². The Balaban J connectivity index is 1.14. The number of benzene rings is 3. The van der Waals surface area contributed by atoms with Crippen molar-refractivity contribution in [3.8, 4) is 0 Å². The van der Waals surface area contributed by atoms with Crippen LogP contribution in [0.3, 0.4) is 0 Å². The number of aliphatic imine (C=N–C) groups is 2. The Bertz CT molecular complexity index is 1130. The molecule has 168 valence electrons. The number of nitrogens with one attached hydrogen (secondary N) is 4. The molecule has 3 aromatic rings. The molecule has 0 aliphatic carbocycles. The molecule has 0 radical (unpaired) electrons. The maximum absolute atomic E-state index is 4.57. The predicted octanol–water partition coefficient (Wildman–Crippen LogP) is 4.00. The Hall–Kier alpha value is -3.80. The van der Waals surface area contributed by atoms with E-state index in [9.17, 15) is 0 Å². The standard InChI is InChI=1S/C27H30N6/c1-3-20(18-32-24-9-5-22(6-10-24)26-28-13-2-14-29-26)17-21(4-1)19-33-25-11-7-23(8-12-25)27-30-15-16-31-27/h1,3-12,17,32-33H,2,13-16,18-19H2,(H,28,29)(H,30,31). The van der Waals surface area contributed by atoms with Crippen LogP contribution in [-0.4, -0.2) is 37.9 Å². The predicted molar refractivity (Wildman–Crippen MR) is 137 cm³/mol. The average molecular weight is 439 g/mol. The molecule has 4 N–H and O–H groups in total. The van der Waals surface area contributed by atoms with Crippen molar-refractivity contribution in [2.45, 2.75) is 19.5 Å². The second kappa shape index (κ2) is 10.2. The molecular weight excluding hydrogens is 408 g/mol. The normalized spacial score (nSPS) is 15.2. The summed E-state index contributed by atoms with van der Waals surface area (Å²) in [6.45, 7) is 5.28. The van der Waals surface area contributed by atoms with Gasteiger partial charge < -0.3 is 21.3 Å². The minimum absolute atomic E-state index is 0.788. The summed E-state index contributed by atoms with van der Waals surface area (Å²) in [5.41, 5.74) is 7.03. The summed E-state index contributed by atoms with van der Waals surface area (Å²) < 4.78 is 0. The van der Waals surface area contributed by atoms with Crippen LogP contribution in [0.2, 0.25) is 0 Å². The van der Waals surface area contributed by atoms with E-state index in [1.54, 1.807) is 0 Å². The maximum Gasteiger partial charge on any atom is 0.128 e. The molecule has 6 heteroatoms. The lowest BCUT2D eigenvalue weighted by molar-refractivity contribution is 0.742. The molecule has 0 saturated heterocycles. The van der Waals surface area contributed by atoms with E-state index in [4.69, 9.17) is 0 Å². The highest BCUT2D eigenvalue weighted by Gasteiger charge is 2.08. The molecule has 2 aliphatic heterocycles. The van der Waals surface area contributed by atoms with Crippen molar-refractivity contribution in [2.24, 2.45) is 9.98 Å². The second-order valence-electron chi connectivity index (χ2n) is 8.35. The fourth-order valence-corrected chi connectivity index (χ4v) is 4.07. The average Bonchev–Trinajstić information content (AvgIpc) is 3.43. The molecule has 3 aromatic carbocycles. The summed E-state index contributed by atoms with van der Waals surface area (Å²) in [5, 5.41) is 13.7. The van der Waals surface area contributed by atoms with Gasteiger partial charge in [-0.3, -0.25) is 9.98 Å². The highest BCUT2D eigenvalue weighted by atomic mass is 15.1. The Morgan fingerprint density at radius 1 is 0.636 bits per heavy atom. The van der Waals surface area contributed by atoms with E-state index < -0.39 is 0 Å². The molecule has 0 aromatic heterocycles. The van der Waals surface area contributed by atoms with Crippen LogP contribution < -0.4 is 21.3 Å². The Labute approximate surface area is 195 Å². The van der Waals surface area contributed by atoms with Gasteiger partial charge in [-0.15, -0.1) is 0 Å². The van der Waals surface area contributed by atoms with Gasteiger partial charge in [0.15, 0.2) is 0 Å². The first-order chi connectivity index (χ1) is 16.3. The van der Waals surface area contributed by atoms with Gasteiger partial charge in [-0.2, -0.15) is 0 Å². The van der Waals surface area contributed by atoms with Gasteiger partial charge in [0, 0.05) is 55.2 Å². The molecule has 0 fully saturated rings. The fourth-order valence-electron chi connectivity index (χ4n) is 4.07. The monoisotopic (exact) mass is 438 g/mol. The smallest absolute Gasteiger partial charge is 0.128 e. The quantitative estimate of drug-likeness (QED) is 0.429. The summed E-state index contributed by atoms with van der Waals surface area (Å²) in [7, 11) is 0. The van der Waals surface area contributed by atoms with Crippen molar-refractivity contribution < 1.29 is 0 Å². The van der Waals surface area contributed by atoms with Crippen molar-refractivity contribution in [3.63, 3.8) is 0 Å². The highest BCUT2D eigenvalue weighted by Crippen LogP contribution is 2.15. The molecule has 2 heterocycles. The summed E-state index contributed by atoms with van der Waals surface area (Å²) >= 11 is 0. The van der Waals surface area contributed by atoms with Gasteiger partial charge in [0.05, 0.1) is 6.54 Å². The van der Waals surface area contributed by atoms with E-state index in [0.29, 0.717) is 0 Å². The van der Waals surface area contributed by atoms with Crippen molar-refractivity contribution in [2.75, 3.05) is 36.8 Å². The van der Waals surface area contributed by atoms with Crippen molar-refractivity contribution in [1.29, 1.82) is 0 Å². The highest BCUT2D eigenvalue weighted by molar-refractivity contribution is 6.00. The lowest BCUT2D eigenvalue weighted by atomic mass is 10.1. The van der Waals surface area contributed by atoms with E-state index in [0.717, 1.165) is 79.9 Å². The zero-order chi connectivity index (χ0) is 22.3. The van der Waals surface area contributed by atoms with E-state index in [1.807, 2.05) is 0 Å². The minimum Gasteiger partial charge on any atom is -0.381 e. The topological polar surface area (TPSA) is 72.8 Å². The molecule has 0 saturated carbocycles. The number of rotatable bonds is 8. The molecule has 5 rings (SSSR count). The minimum atomic E-state index is 0.788. The summed E-state index contributed by atoms with van der Waals surface area (Å²) in [6, 6.07) is 25.6. The second-order valence-corrected chi connectivity index (χ2v) is 8.35. The number of hydrogen-bond acceptors (Lipinski definition) is 6. The number of nitrogens with zero attached hydrogens (tertiary/aromatic N) is 2. The molecule has 0 amide bonds. The first-order valence-corrected chi connectivity index (χ1v) is 11.7. The van der Waals surface area contributed by atoms with Crippen LogP contribution in [0.25, 0.3) is 0 Å². The Kier molecular flexibility index (Phi) is 6.52. The van der Waals surface area contributed by atoms with Crippen LogP contribution in [0, 0.1) is 0 Å². The lowest BCUT2D eigenvalue weighted by Crippen LogP contribution is -2.30. The number of anilines is 2. The van der Waals surface area contributed by atoms with E-state index >= 15 is 0 Å². The molecule has 6 nitrogen and oxygen atoms in total. The Morgan fingerprint density at radius 3 is 1.67 bits per heavy atom. The lowest BCUT2D eigenvalue weighted by Gasteiger charge is -2.15. The zero-order valence-electron chi connectivity index (χ0n) is 18.8. The van der Waals surface area contributed by atoms with Gasteiger partial charge >= 0.3 is 0 Å². The molecular formula is C27H30N6. The third-order valence-corrected chi connectivity index (χ3v) is 5.87. The van der Waals surface area contributed by atoms with Crippen LogP contribution in [0.15, 0.2) is 82.8 Å². The van der Waals surface area contributed by atoms with E-state index in [1.165, 1.54) is 11.1 Å². The molecule has 0 atom stereocenters. The molecule has 0 spiro atoms. The van der Waals surface area contributed by atoms with Crippen LogP contribution in [-0.2, 0) is 13.1 Å². The molecule has 0 unspecified atom stereocenters. The van der Waals surface area contributed by atoms with Gasteiger partial charge in [-0.05, 0) is 66.1 Å². The molecule has 33 heavy (non-hydrogen) atoms. The summed E-state index contributed by atoms with van der Waals surface area (Å²) in [4.78, 5) is 9.04. The van der Waals surface area contributed by atoms with Crippen molar-refractivity contribution in [1.82, 2.24) is 10.6 Å². The van der Waals surface area contributed by atoms with E-state index in [2.05, 4.69) is 104 Å².